The minimum absolute atomic E-state index is 0.0511. The molecule has 2 N–H and O–H groups in total. The van der Waals surface area contributed by atoms with Gasteiger partial charge in [-0.05, 0) is 61.3 Å². The molecule has 7 nitrogen and oxygen atoms in total. The Bertz CT molecular complexity index is 1110. The van der Waals surface area contributed by atoms with Crippen molar-refractivity contribution in [2.45, 2.75) is 72.4 Å². The van der Waals surface area contributed by atoms with Crippen LogP contribution in [0.1, 0.15) is 63.4 Å². The van der Waals surface area contributed by atoms with Gasteiger partial charge in [0, 0.05) is 42.9 Å². The second-order valence-corrected chi connectivity index (χ2v) is 10.1. The zero-order valence-electron chi connectivity index (χ0n) is 19.3. The van der Waals surface area contributed by atoms with Crippen LogP contribution in [0.2, 0.25) is 0 Å². The molecular formula is C25H31N5O2. The van der Waals surface area contributed by atoms with E-state index >= 15 is 0 Å². The van der Waals surface area contributed by atoms with Gasteiger partial charge in [-0.2, -0.15) is 5.26 Å². The Hall–Kier alpha value is -3.14. The van der Waals surface area contributed by atoms with Gasteiger partial charge in [-0.25, -0.2) is 4.98 Å². The van der Waals surface area contributed by atoms with Crippen LogP contribution in [0.5, 0.6) is 0 Å². The lowest BCUT2D eigenvalue weighted by Crippen LogP contribution is -2.40. The molecule has 3 heterocycles. The SMILES string of the molecule is CC(=O)N[C@@H]1CCC[C@H](C(=O)Nc2cc(-c3cc(C#N)n4c3CC(C)(C)C4)c(C)cn2)C1. The number of rotatable bonds is 4. The third kappa shape index (κ3) is 4.40. The zero-order valence-corrected chi connectivity index (χ0v) is 19.3. The molecule has 0 saturated heterocycles. The molecule has 1 saturated carbocycles. The molecule has 1 aliphatic carbocycles. The lowest BCUT2D eigenvalue weighted by molar-refractivity contribution is -0.123. The fraction of sp³-hybridized carbons (Fsp3) is 0.520. The van der Waals surface area contributed by atoms with Crippen LogP contribution < -0.4 is 10.6 Å². The first kappa shape index (κ1) is 22.1. The molecule has 168 valence electrons. The third-order valence-corrected chi connectivity index (χ3v) is 6.65. The molecule has 2 aromatic rings. The predicted octanol–water partition coefficient (Wildman–Crippen LogP) is 3.95. The van der Waals surface area contributed by atoms with Crippen molar-refractivity contribution in [2.24, 2.45) is 11.3 Å². The monoisotopic (exact) mass is 433 g/mol. The van der Waals surface area contributed by atoms with E-state index in [0.717, 1.165) is 48.9 Å². The Balaban J connectivity index is 1.57. The summed E-state index contributed by atoms with van der Waals surface area (Å²) < 4.78 is 2.12. The molecular weight excluding hydrogens is 402 g/mol. The first-order valence-corrected chi connectivity index (χ1v) is 11.3. The number of fused-ring (bicyclic) bond motifs is 1. The smallest absolute Gasteiger partial charge is 0.228 e. The lowest BCUT2D eigenvalue weighted by Gasteiger charge is -2.28. The predicted molar refractivity (Wildman–Crippen MR) is 123 cm³/mol. The van der Waals surface area contributed by atoms with Crippen molar-refractivity contribution in [3.8, 4) is 17.2 Å². The molecule has 2 atom stereocenters. The number of nitrogens with zero attached hydrogens (tertiary/aromatic N) is 3. The second-order valence-electron chi connectivity index (χ2n) is 10.1. The Kier molecular flexibility index (Phi) is 5.81. The highest BCUT2D eigenvalue weighted by atomic mass is 16.2. The van der Waals surface area contributed by atoms with Gasteiger partial charge in [0.15, 0.2) is 0 Å². The van der Waals surface area contributed by atoms with E-state index in [2.05, 4.69) is 40.1 Å². The second kappa shape index (κ2) is 8.42. The fourth-order valence-corrected chi connectivity index (χ4v) is 5.18. The lowest BCUT2D eigenvalue weighted by atomic mass is 9.85. The number of aromatic nitrogens is 2. The molecule has 1 fully saturated rings. The van der Waals surface area contributed by atoms with Crippen LogP contribution in [-0.2, 0) is 22.6 Å². The molecule has 0 radical (unpaired) electrons. The molecule has 1 aliphatic heterocycles. The van der Waals surface area contributed by atoms with E-state index in [4.69, 9.17) is 0 Å². The Morgan fingerprint density at radius 1 is 1.25 bits per heavy atom. The zero-order chi connectivity index (χ0) is 23.0. The summed E-state index contributed by atoms with van der Waals surface area (Å²) in [5.41, 5.74) is 5.01. The summed E-state index contributed by atoms with van der Waals surface area (Å²) in [6, 6.07) is 6.26. The summed E-state index contributed by atoms with van der Waals surface area (Å²) in [6.07, 6.45) is 5.97. The largest absolute Gasteiger partial charge is 0.354 e. The number of carbonyl (C=O) groups is 2. The van der Waals surface area contributed by atoms with Gasteiger partial charge in [-0.3, -0.25) is 9.59 Å². The number of anilines is 1. The number of nitriles is 1. The highest BCUT2D eigenvalue weighted by Gasteiger charge is 2.33. The summed E-state index contributed by atoms with van der Waals surface area (Å²) in [4.78, 5) is 28.8. The van der Waals surface area contributed by atoms with Gasteiger partial charge < -0.3 is 15.2 Å². The molecule has 0 aromatic carbocycles. The molecule has 0 bridgehead atoms. The van der Waals surface area contributed by atoms with Crippen LogP contribution in [0.4, 0.5) is 5.82 Å². The minimum Gasteiger partial charge on any atom is -0.354 e. The highest BCUT2D eigenvalue weighted by molar-refractivity contribution is 5.92. The van der Waals surface area contributed by atoms with Crippen molar-refractivity contribution < 1.29 is 9.59 Å². The van der Waals surface area contributed by atoms with Crippen molar-refractivity contribution in [1.29, 1.82) is 5.26 Å². The first-order valence-electron chi connectivity index (χ1n) is 11.3. The quantitative estimate of drug-likeness (QED) is 0.763. The number of hydrogen-bond acceptors (Lipinski definition) is 4. The number of amides is 2. The summed E-state index contributed by atoms with van der Waals surface area (Å²) in [5.74, 6) is 0.272. The minimum atomic E-state index is -0.142. The van der Waals surface area contributed by atoms with Gasteiger partial charge in [0.05, 0.1) is 0 Å². The van der Waals surface area contributed by atoms with E-state index in [1.165, 1.54) is 12.6 Å². The van der Waals surface area contributed by atoms with Crippen LogP contribution in [0.15, 0.2) is 18.3 Å². The number of hydrogen-bond donors (Lipinski definition) is 2. The topological polar surface area (TPSA) is 99.8 Å². The number of carbonyl (C=O) groups excluding carboxylic acids is 2. The Morgan fingerprint density at radius 3 is 2.75 bits per heavy atom. The average Bonchev–Trinajstić information content (AvgIpc) is 3.21. The number of nitrogens with one attached hydrogen (secondary N) is 2. The first-order chi connectivity index (χ1) is 15.2. The van der Waals surface area contributed by atoms with Gasteiger partial charge in [-0.15, -0.1) is 0 Å². The highest BCUT2D eigenvalue weighted by Crippen LogP contribution is 2.41. The van der Waals surface area contributed by atoms with Crippen molar-refractivity contribution in [2.75, 3.05) is 5.32 Å². The molecule has 2 amide bonds. The van der Waals surface area contributed by atoms with Gasteiger partial charge in [0.25, 0.3) is 0 Å². The van der Waals surface area contributed by atoms with E-state index in [1.807, 2.05) is 19.1 Å². The maximum atomic E-state index is 12.9. The average molecular weight is 434 g/mol. The van der Waals surface area contributed by atoms with E-state index < -0.39 is 0 Å². The van der Waals surface area contributed by atoms with Gasteiger partial charge in [0.2, 0.25) is 11.8 Å². The molecule has 7 heteroatoms. The summed E-state index contributed by atoms with van der Waals surface area (Å²) in [6.45, 7) is 8.78. The Morgan fingerprint density at radius 2 is 2.03 bits per heavy atom. The summed E-state index contributed by atoms with van der Waals surface area (Å²) in [7, 11) is 0. The van der Waals surface area contributed by atoms with Crippen LogP contribution >= 0.6 is 0 Å². The van der Waals surface area contributed by atoms with Crippen molar-refractivity contribution in [3.63, 3.8) is 0 Å². The third-order valence-electron chi connectivity index (χ3n) is 6.65. The maximum Gasteiger partial charge on any atom is 0.228 e. The van der Waals surface area contributed by atoms with Crippen LogP contribution in [0.25, 0.3) is 11.1 Å². The molecule has 2 aromatic heterocycles. The van der Waals surface area contributed by atoms with E-state index in [0.29, 0.717) is 17.9 Å². The van der Waals surface area contributed by atoms with Crippen LogP contribution in [0, 0.1) is 29.6 Å². The van der Waals surface area contributed by atoms with Gasteiger partial charge >= 0.3 is 0 Å². The van der Waals surface area contributed by atoms with Crippen molar-refractivity contribution in [1.82, 2.24) is 14.9 Å². The molecule has 0 unspecified atom stereocenters. The van der Waals surface area contributed by atoms with Crippen molar-refractivity contribution >= 4 is 17.6 Å². The summed E-state index contributed by atoms with van der Waals surface area (Å²) in [5, 5.41) is 15.6. The molecule has 4 rings (SSSR count). The van der Waals surface area contributed by atoms with Crippen LogP contribution in [-0.4, -0.2) is 27.4 Å². The molecule has 2 aliphatic rings. The fourth-order valence-electron chi connectivity index (χ4n) is 5.18. The van der Waals surface area contributed by atoms with E-state index in [1.54, 1.807) is 6.20 Å². The Labute approximate surface area is 189 Å². The van der Waals surface area contributed by atoms with E-state index in [-0.39, 0.29) is 29.2 Å². The maximum absolute atomic E-state index is 12.9. The van der Waals surface area contributed by atoms with Crippen LogP contribution in [0.3, 0.4) is 0 Å². The summed E-state index contributed by atoms with van der Waals surface area (Å²) >= 11 is 0. The standard InChI is InChI=1S/C25H31N5O2/c1-15-13-27-23(29-24(32)17-6-5-7-18(8-17)28-16(2)31)10-20(15)21-9-19(12-26)30-14-25(3,4)11-22(21)30/h9-10,13,17-18H,5-8,11,14H2,1-4H3,(H,28,31)(H,27,29,32)/t17-,18+/m0/s1. The molecule has 32 heavy (non-hydrogen) atoms. The molecule has 0 spiro atoms. The number of pyridine rings is 1. The van der Waals surface area contributed by atoms with Crippen molar-refractivity contribution in [3.05, 3.63) is 35.3 Å². The van der Waals surface area contributed by atoms with Gasteiger partial charge in [0.1, 0.15) is 17.6 Å². The normalized spacial score (nSPS) is 21.5. The number of aryl methyl sites for hydroxylation is 1. The van der Waals surface area contributed by atoms with E-state index in [9.17, 15) is 14.9 Å². The van der Waals surface area contributed by atoms with Gasteiger partial charge in [-0.1, -0.05) is 20.3 Å².